The second kappa shape index (κ2) is 7.41. The Balaban J connectivity index is 1.60. The van der Waals surface area contributed by atoms with E-state index in [0.29, 0.717) is 56.5 Å². The molecule has 6 unspecified atom stereocenters. The van der Waals surface area contributed by atoms with Crippen molar-refractivity contribution in [3.8, 4) is 0 Å². The van der Waals surface area contributed by atoms with Gasteiger partial charge in [0.2, 0.25) is 0 Å². The van der Waals surface area contributed by atoms with Crippen LogP contribution in [0.4, 0.5) is 0 Å². The fourth-order valence-corrected chi connectivity index (χ4v) is 5.69. The summed E-state index contributed by atoms with van der Waals surface area (Å²) in [5.74, 6) is -3.50. The molecule has 1 saturated carbocycles. The van der Waals surface area contributed by atoms with Gasteiger partial charge in [0.1, 0.15) is 5.78 Å². The van der Waals surface area contributed by atoms with Gasteiger partial charge in [0.05, 0.1) is 11.4 Å². The molecule has 0 aromatic carbocycles. The Morgan fingerprint density at radius 2 is 1.15 bits per heavy atom. The van der Waals surface area contributed by atoms with Crippen molar-refractivity contribution in [2.45, 2.75) is 65.8 Å². The fraction of sp³-hybridized carbons (Fsp3) is 0.480. The van der Waals surface area contributed by atoms with Crippen molar-refractivity contribution in [3.05, 3.63) is 45.1 Å². The van der Waals surface area contributed by atoms with Gasteiger partial charge in [0, 0.05) is 45.5 Å². The molecule has 2 N–H and O–H groups in total. The number of rotatable bonds is 2. The molecular formula is C25H26N4O5-2. The minimum atomic E-state index is -1.80. The van der Waals surface area contributed by atoms with Gasteiger partial charge in [-0.05, 0) is 53.0 Å². The lowest BCUT2D eigenvalue weighted by atomic mass is 9.83. The van der Waals surface area contributed by atoms with Crippen molar-refractivity contribution in [3.63, 3.8) is 0 Å². The standard InChI is InChI=1S/C25H26N4O5/c1-7-9(3)26-17-13(11(5)28-19(17)21(7)30)15-23(32)16(25(34)24(15)33)14-12(6)29-20-18(14)27-10(4)8(2)22(20)31/h15-16,19-20,23-24,26-27H,1-6H3/q-2. The average molecular weight is 463 g/mol. The summed E-state index contributed by atoms with van der Waals surface area (Å²) in [5, 5.41) is 33.5. The molecule has 9 nitrogen and oxygen atoms in total. The Morgan fingerprint density at radius 3 is 1.65 bits per heavy atom. The molecule has 0 amide bonds. The molecule has 9 heteroatoms. The van der Waals surface area contributed by atoms with Crippen LogP contribution in [0.5, 0.6) is 0 Å². The number of carbonyl (C=O) groups is 3. The third-order valence-electron chi connectivity index (χ3n) is 7.80. The molecule has 178 valence electrons. The largest absolute Gasteiger partial charge is 0.851 e. The summed E-state index contributed by atoms with van der Waals surface area (Å²) >= 11 is 0. The summed E-state index contributed by atoms with van der Waals surface area (Å²) in [7, 11) is 0. The van der Waals surface area contributed by atoms with Gasteiger partial charge in [-0.3, -0.25) is 19.6 Å². The Bertz CT molecular complexity index is 1280. The molecule has 0 bridgehead atoms. The summed E-state index contributed by atoms with van der Waals surface area (Å²) in [4.78, 5) is 47.7. The van der Waals surface area contributed by atoms with Gasteiger partial charge in [-0.15, -0.1) is 6.10 Å². The van der Waals surface area contributed by atoms with E-state index in [2.05, 4.69) is 20.6 Å². The zero-order valence-corrected chi connectivity index (χ0v) is 19.9. The number of hydrogen-bond donors (Lipinski definition) is 2. The monoisotopic (exact) mass is 462 g/mol. The predicted molar refractivity (Wildman–Crippen MR) is 120 cm³/mol. The third-order valence-corrected chi connectivity index (χ3v) is 7.80. The summed E-state index contributed by atoms with van der Waals surface area (Å²) < 4.78 is 0. The van der Waals surface area contributed by atoms with Crippen LogP contribution in [0, 0.1) is 11.8 Å². The Labute approximate surface area is 197 Å². The Kier molecular flexibility index (Phi) is 4.93. The number of nitrogens with zero attached hydrogens (tertiary/aromatic N) is 2. The molecule has 0 aromatic heterocycles. The molecule has 0 aromatic rings. The van der Waals surface area contributed by atoms with Crippen LogP contribution in [-0.2, 0) is 14.4 Å². The van der Waals surface area contributed by atoms with E-state index in [-0.39, 0.29) is 11.6 Å². The van der Waals surface area contributed by atoms with Crippen LogP contribution in [0.25, 0.3) is 0 Å². The van der Waals surface area contributed by atoms with Gasteiger partial charge in [-0.1, -0.05) is 6.10 Å². The summed E-state index contributed by atoms with van der Waals surface area (Å²) in [6.45, 7) is 10.2. The number of allylic oxidation sites excluding steroid dienone is 2. The van der Waals surface area contributed by atoms with Crippen LogP contribution in [0.2, 0.25) is 0 Å². The van der Waals surface area contributed by atoms with Crippen LogP contribution in [0.15, 0.2) is 55.1 Å². The first-order valence-corrected chi connectivity index (χ1v) is 11.4. The SMILES string of the molecule is CC1=NC2C(=O)C(C)=C(C)NC2=C1C1C(=O)C([O-])C(C2=C3NC(C)=C(C)C(=O)C3N=C2C)C1[O-]. The lowest BCUT2D eigenvalue weighted by molar-refractivity contribution is -0.459. The van der Waals surface area contributed by atoms with E-state index in [1.165, 1.54) is 0 Å². The van der Waals surface area contributed by atoms with Crippen molar-refractivity contribution >= 4 is 28.8 Å². The number of Topliss-reactive ketones (excluding diaryl/α,β-unsaturated/α-hetero) is 3. The van der Waals surface area contributed by atoms with E-state index in [1.54, 1.807) is 41.5 Å². The number of nitrogens with one attached hydrogen (secondary N) is 2. The third kappa shape index (κ3) is 2.83. The highest BCUT2D eigenvalue weighted by atomic mass is 16.3. The van der Waals surface area contributed by atoms with Crippen molar-refractivity contribution in [2.75, 3.05) is 0 Å². The number of hydrogen-bond acceptors (Lipinski definition) is 9. The summed E-state index contributed by atoms with van der Waals surface area (Å²) in [5.41, 5.74) is 4.79. The van der Waals surface area contributed by atoms with Crippen molar-refractivity contribution in [1.29, 1.82) is 0 Å². The first-order valence-electron chi connectivity index (χ1n) is 11.4. The highest BCUT2D eigenvalue weighted by Gasteiger charge is 2.50. The highest BCUT2D eigenvalue weighted by molar-refractivity contribution is 6.15. The van der Waals surface area contributed by atoms with Crippen molar-refractivity contribution in [2.24, 2.45) is 21.8 Å². The Hall–Kier alpha value is -3.17. The average Bonchev–Trinajstić information content (AvgIpc) is 3.34. The molecule has 0 radical (unpaired) electrons. The first kappa shape index (κ1) is 22.6. The van der Waals surface area contributed by atoms with Crippen LogP contribution >= 0.6 is 0 Å². The van der Waals surface area contributed by atoms with Crippen LogP contribution < -0.4 is 20.8 Å². The highest BCUT2D eigenvalue weighted by Crippen LogP contribution is 2.43. The molecule has 4 heterocycles. The van der Waals surface area contributed by atoms with E-state index in [9.17, 15) is 24.6 Å². The fourth-order valence-electron chi connectivity index (χ4n) is 5.69. The van der Waals surface area contributed by atoms with Gasteiger partial charge < -0.3 is 25.6 Å². The molecule has 0 saturated heterocycles. The van der Waals surface area contributed by atoms with E-state index in [0.717, 1.165) is 0 Å². The number of fused-ring (bicyclic) bond motifs is 2. The van der Waals surface area contributed by atoms with Crippen LogP contribution in [0.3, 0.4) is 0 Å². The van der Waals surface area contributed by atoms with Gasteiger partial charge in [0.15, 0.2) is 23.7 Å². The minimum absolute atomic E-state index is 0.180. The molecular weight excluding hydrogens is 436 g/mol. The molecule has 1 fully saturated rings. The van der Waals surface area contributed by atoms with Crippen LogP contribution in [0.1, 0.15) is 41.5 Å². The number of carbonyl (C=O) groups excluding carboxylic acids is 3. The zero-order chi connectivity index (χ0) is 24.8. The van der Waals surface area contributed by atoms with Gasteiger partial charge in [-0.2, -0.15) is 0 Å². The van der Waals surface area contributed by atoms with Crippen molar-refractivity contribution < 1.29 is 24.6 Å². The molecule has 5 rings (SSSR count). The first-order chi connectivity index (χ1) is 16.0. The Morgan fingerprint density at radius 1 is 0.706 bits per heavy atom. The maximum Gasteiger partial charge on any atom is 0.190 e. The maximum absolute atomic E-state index is 13.8. The summed E-state index contributed by atoms with van der Waals surface area (Å²) in [6, 6.07) is -1.64. The minimum Gasteiger partial charge on any atom is -0.851 e. The molecule has 5 aliphatic rings. The molecule has 0 spiro atoms. The lowest BCUT2D eigenvalue weighted by Crippen LogP contribution is -2.45. The van der Waals surface area contributed by atoms with E-state index in [4.69, 9.17) is 0 Å². The number of ketones is 3. The van der Waals surface area contributed by atoms with E-state index in [1.807, 2.05) is 0 Å². The molecule has 4 aliphatic heterocycles. The maximum atomic E-state index is 13.8. The predicted octanol–water partition coefficient (Wildman–Crippen LogP) is -0.614. The molecule has 34 heavy (non-hydrogen) atoms. The quantitative estimate of drug-likeness (QED) is 0.556. The second-order valence-corrected chi connectivity index (χ2v) is 9.66. The molecule has 6 atom stereocenters. The topological polar surface area (TPSA) is 146 Å². The van der Waals surface area contributed by atoms with E-state index >= 15 is 0 Å². The second-order valence-electron chi connectivity index (χ2n) is 9.66. The smallest absolute Gasteiger partial charge is 0.190 e. The van der Waals surface area contributed by atoms with Gasteiger partial charge >= 0.3 is 0 Å². The van der Waals surface area contributed by atoms with E-state index < -0.39 is 41.9 Å². The lowest BCUT2D eigenvalue weighted by Gasteiger charge is -2.36. The normalized spacial score (nSPS) is 35.6. The summed E-state index contributed by atoms with van der Waals surface area (Å²) in [6.07, 6.45) is -3.40. The molecule has 1 aliphatic carbocycles. The van der Waals surface area contributed by atoms with Gasteiger partial charge in [-0.25, -0.2) is 0 Å². The van der Waals surface area contributed by atoms with Gasteiger partial charge in [0.25, 0.3) is 0 Å². The van der Waals surface area contributed by atoms with Crippen LogP contribution in [-0.4, -0.2) is 53.1 Å². The zero-order valence-electron chi connectivity index (χ0n) is 19.9. The van der Waals surface area contributed by atoms with Crippen molar-refractivity contribution in [1.82, 2.24) is 10.6 Å². The number of aliphatic imine (C=N–C) groups is 2.